The maximum atomic E-state index is 5.05. The molecule has 0 unspecified atom stereocenters. The second kappa shape index (κ2) is 10.2. The van der Waals surface area contributed by atoms with E-state index in [-0.39, 0.29) is 0 Å². The molecule has 2 aliphatic rings. The summed E-state index contributed by atoms with van der Waals surface area (Å²) in [4.78, 5) is 12.0. The third-order valence-electron chi connectivity index (χ3n) is 6.58. The average molecular weight is 474 g/mol. The summed E-state index contributed by atoms with van der Waals surface area (Å²) in [6.07, 6.45) is 15.7. The van der Waals surface area contributed by atoms with E-state index in [1.54, 1.807) is 0 Å². The zero-order valence-corrected chi connectivity index (χ0v) is 21.0. The molecule has 0 atom stereocenters. The number of benzene rings is 1. The topological polar surface area (TPSA) is 57.2 Å². The quantitative estimate of drug-likeness (QED) is 0.514. The van der Waals surface area contributed by atoms with E-state index in [1.165, 1.54) is 0 Å². The first kappa shape index (κ1) is 23.5. The Hall–Kier alpha value is -4.25. The highest BCUT2D eigenvalue weighted by Gasteiger charge is 2.20. The number of H-pyrrole nitrogens is 1. The van der Waals surface area contributed by atoms with Crippen LogP contribution in [0.25, 0.3) is 35.2 Å². The smallest absolute Gasteiger partial charge is 0.118 e. The van der Waals surface area contributed by atoms with E-state index in [0.29, 0.717) is 0 Å². The minimum atomic E-state index is 0.837. The predicted octanol–water partition coefficient (Wildman–Crippen LogP) is 5.44. The van der Waals surface area contributed by atoms with Crippen molar-refractivity contribution in [2.45, 2.75) is 33.1 Å². The summed E-state index contributed by atoms with van der Waals surface area (Å²) in [7, 11) is 0. The van der Waals surface area contributed by atoms with Gasteiger partial charge in [0.2, 0.25) is 0 Å². The van der Waals surface area contributed by atoms with E-state index < -0.39 is 0 Å². The molecule has 2 aromatic heterocycles. The number of nitrogens with zero attached hydrogens (tertiary/aromatic N) is 4. The molecular weight excluding hydrogens is 442 g/mol. The van der Waals surface area contributed by atoms with Gasteiger partial charge in [-0.1, -0.05) is 49.6 Å². The lowest BCUT2D eigenvalue weighted by Crippen LogP contribution is -2.33. The SMILES string of the molecule is C=C1C=C(C(/C=c2/cc(-c3c[nH]nc3-c3cccc(C)n3)ccc2=C)=C/C)N=C2CC/C=C/CCN12. The molecule has 0 aliphatic carbocycles. The molecule has 0 bridgehead atoms. The number of nitrogens with one attached hydrogen (secondary N) is 1. The zero-order valence-electron chi connectivity index (χ0n) is 21.0. The first-order valence-corrected chi connectivity index (χ1v) is 12.4. The van der Waals surface area contributed by atoms with Crippen LogP contribution in [0, 0.1) is 6.92 Å². The largest absolute Gasteiger partial charge is 0.330 e. The fourth-order valence-corrected chi connectivity index (χ4v) is 4.65. The summed E-state index contributed by atoms with van der Waals surface area (Å²) >= 11 is 0. The molecule has 0 spiro atoms. The van der Waals surface area contributed by atoms with Crippen LogP contribution in [0.5, 0.6) is 0 Å². The van der Waals surface area contributed by atoms with Crippen molar-refractivity contribution in [3.63, 3.8) is 0 Å². The number of aromatic amines is 1. The van der Waals surface area contributed by atoms with E-state index in [2.05, 4.69) is 81.8 Å². The molecule has 180 valence electrons. The van der Waals surface area contributed by atoms with Crippen LogP contribution in [0.2, 0.25) is 0 Å². The number of aromatic nitrogens is 3. The highest BCUT2D eigenvalue weighted by Crippen LogP contribution is 2.29. The monoisotopic (exact) mass is 473 g/mol. The standard InChI is InChI=1S/C31H31N5/c1-5-24(29-17-23(4)36-16-9-7-6-8-13-30(36)34-29)18-26-19-25(15-14-21(26)2)27-20-32-35-31(27)28-12-10-11-22(3)33-28/h5-7,10-12,14-15,17-20H,2,4,8-9,13,16H2,1,3H3,(H,32,35)/b7-6+,24-5+,26-18-. The molecule has 0 radical (unpaired) electrons. The van der Waals surface area contributed by atoms with Gasteiger partial charge in [0.1, 0.15) is 11.5 Å². The van der Waals surface area contributed by atoms with Crippen molar-refractivity contribution < 1.29 is 0 Å². The van der Waals surface area contributed by atoms with Gasteiger partial charge in [-0.3, -0.25) is 10.1 Å². The number of amidine groups is 1. The molecule has 5 heteroatoms. The molecule has 1 aromatic carbocycles. The number of rotatable bonds is 4. The van der Waals surface area contributed by atoms with Crippen LogP contribution in [0.1, 0.15) is 31.9 Å². The van der Waals surface area contributed by atoms with Crippen molar-refractivity contribution in [1.29, 1.82) is 0 Å². The molecule has 2 aliphatic heterocycles. The van der Waals surface area contributed by atoms with Gasteiger partial charge < -0.3 is 4.90 Å². The number of pyridine rings is 1. The molecule has 0 amide bonds. The number of hydrogen-bond donors (Lipinski definition) is 1. The molecule has 36 heavy (non-hydrogen) atoms. The normalized spacial score (nSPS) is 17.7. The Morgan fingerprint density at radius 2 is 1.97 bits per heavy atom. The van der Waals surface area contributed by atoms with Gasteiger partial charge in [0.25, 0.3) is 0 Å². The Bertz CT molecular complexity index is 1550. The molecule has 1 N–H and O–H groups in total. The molecule has 0 saturated carbocycles. The summed E-state index contributed by atoms with van der Waals surface area (Å²) in [6, 6.07) is 12.3. The maximum absolute atomic E-state index is 5.05. The fraction of sp³-hybridized carbons (Fsp3) is 0.194. The van der Waals surface area contributed by atoms with Gasteiger partial charge >= 0.3 is 0 Å². The third kappa shape index (κ3) is 4.78. The first-order valence-electron chi connectivity index (χ1n) is 12.4. The Morgan fingerprint density at radius 3 is 2.81 bits per heavy atom. The lowest BCUT2D eigenvalue weighted by Gasteiger charge is -2.31. The van der Waals surface area contributed by atoms with Crippen LogP contribution in [-0.4, -0.2) is 32.5 Å². The molecule has 0 saturated heterocycles. The summed E-state index contributed by atoms with van der Waals surface area (Å²) in [6.45, 7) is 13.6. The van der Waals surface area contributed by atoms with Gasteiger partial charge in [-0.2, -0.15) is 5.10 Å². The van der Waals surface area contributed by atoms with Gasteiger partial charge in [-0.05, 0) is 78.6 Å². The average Bonchev–Trinajstić information content (AvgIpc) is 3.34. The summed E-state index contributed by atoms with van der Waals surface area (Å²) in [5, 5.41) is 9.51. The van der Waals surface area contributed by atoms with Crippen molar-refractivity contribution in [3.05, 3.63) is 107 Å². The zero-order chi connectivity index (χ0) is 25.1. The van der Waals surface area contributed by atoms with Crippen molar-refractivity contribution in [2.24, 2.45) is 4.99 Å². The van der Waals surface area contributed by atoms with Gasteiger partial charge in [-0.15, -0.1) is 0 Å². The maximum Gasteiger partial charge on any atom is 0.118 e. The van der Waals surface area contributed by atoms with E-state index in [0.717, 1.165) is 87.3 Å². The Balaban J connectivity index is 1.53. The number of aryl methyl sites for hydroxylation is 1. The predicted molar refractivity (Wildman–Crippen MR) is 149 cm³/mol. The van der Waals surface area contributed by atoms with Crippen LogP contribution in [0.15, 0.2) is 95.4 Å². The Kier molecular flexibility index (Phi) is 6.63. The minimum absolute atomic E-state index is 0.837. The van der Waals surface area contributed by atoms with Gasteiger partial charge in [-0.25, -0.2) is 4.99 Å². The van der Waals surface area contributed by atoms with E-state index >= 15 is 0 Å². The molecule has 5 rings (SSSR count). The van der Waals surface area contributed by atoms with Crippen LogP contribution in [0.3, 0.4) is 0 Å². The molecule has 3 aromatic rings. The molecular formula is C31H31N5. The second-order valence-corrected chi connectivity index (χ2v) is 9.11. The third-order valence-corrected chi connectivity index (χ3v) is 6.58. The summed E-state index contributed by atoms with van der Waals surface area (Å²) in [5.41, 5.74) is 7.70. The van der Waals surface area contributed by atoms with Crippen LogP contribution >= 0.6 is 0 Å². The number of hydrogen-bond acceptors (Lipinski definition) is 4. The van der Waals surface area contributed by atoms with Crippen molar-refractivity contribution in [3.8, 4) is 22.5 Å². The first-order chi connectivity index (χ1) is 17.5. The van der Waals surface area contributed by atoms with Crippen LogP contribution in [0.4, 0.5) is 0 Å². The summed E-state index contributed by atoms with van der Waals surface area (Å²) in [5.74, 6) is 1.09. The molecule has 0 fully saturated rings. The van der Waals surface area contributed by atoms with Crippen molar-refractivity contribution >= 4 is 18.5 Å². The van der Waals surface area contributed by atoms with Gasteiger partial charge in [0.15, 0.2) is 0 Å². The van der Waals surface area contributed by atoms with Crippen molar-refractivity contribution in [1.82, 2.24) is 20.1 Å². The number of allylic oxidation sites excluding steroid dienone is 4. The highest BCUT2D eigenvalue weighted by molar-refractivity contribution is 5.88. The molecule has 4 heterocycles. The van der Waals surface area contributed by atoms with Crippen molar-refractivity contribution in [2.75, 3.05) is 6.54 Å². The Labute approximate surface area is 212 Å². The van der Waals surface area contributed by atoms with Crippen LogP contribution < -0.4 is 10.4 Å². The number of fused-ring (bicyclic) bond motifs is 1. The summed E-state index contributed by atoms with van der Waals surface area (Å²) < 4.78 is 0. The van der Waals surface area contributed by atoms with E-state index in [4.69, 9.17) is 4.99 Å². The van der Waals surface area contributed by atoms with E-state index in [9.17, 15) is 0 Å². The lowest BCUT2D eigenvalue weighted by molar-refractivity contribution is 0.512. The highest BCUT2D eigenvalue weighted by atomic mass is 15.2. The lowest BCUT2D eigenvalue weighted by atomic mass is 10.0. The second-order valence-electron chi connectivity index (χ2n) is 9.11. The van der Waals surface area contributed by atoms with Gasteiger partial charge in [0.05, 0.1) is 11.4 Å². The minimum Gasteiger partial charge on any atom is -0.330 e. The molecule has 5 nitrogen and oxygen atoms in total. The van der Waals surface area contributed by atoms with E-state index in [1.807, 2.05) is 38.2 Å². The number of aliphatic imine (C=N–C) groups is 1. The Morgan fingerprint density at radius 1 is 1.11 bits per heavy atom. The van der Waals surface area contributed by atoms with Gasteiger partial charge in [0, 0.05) is 36.1 Å². The van der Waals surface area contributed by atoms with Crippen LogP contribution in [-0.2, 0) is 0 Å². The fourth-order valence-electron chi connectivity index (χ4n) is 4.65.